The summed E-state index contributed by atoms with van der Waals surface area (Å²) in [6, 6.07) is 6.26. The predicted molar refractivity (Wildman–Crippen MR) is 53.5 cm³/mol. The highest BCUT2D eigenvalue weighted by molar-refractivity contribution is 7.52. The molecule has 0 aromatic heterocycles. The van der Waals surface area contributed by atoms with E-state index < -0.39 is 7.60 Å². The molecule has 0 bridgehead atoms. The van der Waals surface area contributed by atoms with Crippen LogP contribution < -0.4 is 4.89 Å². The lowest BCUT2D eigenvalue weighted by Gasteiger charge is -2.08. The van der Waals surface area contributed by atoms with Gasteiger partial charge < -0.3 is 9.78 Å². The van der Waals surface area contributed by atoms with Gasteiger partial charge in [0.1, 0.15) is 0 Å². The first-order valence-electron chi connectivity index (χ1n) is 3.97. The van der Waals surface area contributed by atoms with Gasteiger partial charge in [0.05, 0.1) is 6.16 Å². The van der Waals surface area contributed by atoms with Crippen molar-refractivity contribution in [1.82, 2.24) is 0 Å². The van der Waals surface area contributed by atoms with Crippen molar-refractivity contribution in [1.29, 1.82) is 0 Å². The summed E-state index contributed by atoms with van der Waals surface area (Å²) in [5.41, 5.74) is 0. The first-order valence-corrected chi connectivity index (χ1v) is 6.11. The van der Waals surface area contributed by atoms with Crippen LogP contribution in [0.2, 0.25) is 5.02 Å². The molecule has 0 saturated heterocycles. The van der Waals surface area contributed by atoms with Crippen molar-refractivity contribution in [2.75, 3.05) is 6.16 Å². The number of rotatable bonds is 4. The molecule has 14 heavy (non-hydrogen) atoms. The lowest BCUT2D eigenvalue weighted by Crippen LogP contribution is -1.96. The molecule has 1 aromatic rings. The van der Waals surface area contributed by atoms with Crippen molar-refractivity contribution in [3.63, 3.8) is 0 Å². The molecule has 0 heterocycles. The first-order chi connectivity index (χ1) is 6.53. The van der Waals surface area contributed by atoms with Gasteiger partial charge in [0.15, 0.2) is 5.75 Å². The van der Waals surface area contributed by atoms with E-state index in [1.165, 1.54) is 19.1 Å². The van der Waals surface area contributed by atoms with Gasteiger partial charge in [-0.3, -0.25) is 4.57 Å². The Labute approximate surface area is 86.9 Å². The lowest BCUT2D eigenvalue weighted by atomic mass is 10.3. The second-order valence-corrected chi connectivity index (χ2v) is 5.06. The van der Waals surface area contributed by atoms with Crippen molar-refractivity contribution in [3.8, 4) is 5.75 Å². The van der Waals surface area contributed by atoms with Crippen LogP contribution in [-0.2, 0) is 9.24 Å². The third-order valence-electron chi connectivity index (χ3n) is 1.46. The maximum absolute atomic E-state index is 11.0. The van der Waals surface area contributed by atoms with Crippen molar-refractivity contribution < 1.29 is 19.0 Å². The third-order valence-corrected chi connectivity index (χ3v) is 2.82. The molecule has 1 rings (SSSR count). The van der Waals surface area contributed by atoms with Crippen molar-refractivity contribution in [3.05, 3.63) is 29.3 Å². The molecule has 1 aromatic carbocycles. The number of hydrogen-bond donors (Lipinski definition) is 1. The summed E-state index contributed by atoms with van der Waals surface area (Å²) in [6.45, 7) is 1.53. The highest BCUT2D eigenvalue weighted by atomic mass is 35.5. The lowest BCUT2D eigenvalue weighted by molar-refractivity contribution is -0.108. The van der Waals surface area contributed by atoms with Gasteiger partial charge in [-0.25, -0.2) is 0 Å². The average Bonchev–Trinajstić information content (AvgIpc) is 2.17. The Morgan fingerprint density at radius 1 is 1.43 bits per heavy atom. The van der Waals surface area contributed by atoms with E-state index in [-0.39, 0.29) is 6.16 Å². The Bertz CT molecular complexity index is 338. The summed E-state index contributed by atoms with van der Waals surface area (Å²) in [7, 11) is -3.61. The van der Waals surface area contributed by atoms with E-state index in [0.29, 0.717) is 10.8 Å². The standard InChI is InChI=1S/C8H10ClO4P/c1-2-14(10,11)13-12-8-5-3-7(9)4-6-8/h3-6H,2H2,1H3,(H,10,11). The van der Waals surface area contributed by atoms with Gasteiger partial charge in [0.25, 0.3) is 0 Å². The van der Waals surface area contributed by atoms with E-state index in [9.17, 15) is 4.57 Å². The van der Waals surface area contributed by atoms with E-state index in [2.05, 4.69) is 9.56 Å². The third kappa shape index (κ3) is 3.68. The first kappa shape index (κ1) is 11.5. The molecule has 6 heteroatoms. The molecular formula is C8H10ClO4P. The predicted octanol–water partition coefficient (Wildman–Crippen LogP) is 2.86. The fourth-order valence-electron chi connectivity index (χ4n) is 0.644. The van der Waals surface area contributed by atoms with E-state index in [4.69, 9.17) is 16.5 Å². The SMILES string of the molecule is CCP(=O)(O)OOc1ccc(Cl)cc1. The van der Waals surface area contributed by atoms with Crippen molar-refractivity contribution in [2.45, 2.75) is 6.92 Å². The van der Waals surface area contributed by atoms with Crippen LogP contribution >= 0.6 is 19.2 Å². The van der Waals surface area contributed by atoms with Crippen molar-refractivity contribution >= 4 is 19.2 Å². The van der Waals surface area contributed by atoms with Gasteiger partial charge in [-0.05, 0) is 24.3 Å². The second kappa shape index (κ2) is 4.80. The molecule has 0 radical (unpaired) electrons. The van der Waals surface area contributed by atoms with Crippen LogP contribution in [0.4, 0.5) is 0 Å². The summed E-state index contributed by atoms with van der Waals surface area (Å²) in [6.07, 6.45) is 0.000585. The molecule has 0 aliphatic heterocycles. The van der Waals surface area contributed by atoms with Gasteiger partial charge in [0, 0.05) is 5.02 Å². The zero-order valence-electron chi connectivity index (χ0n) is 7.51. The molecule has 78 valence electrons. The Hall–Kier alpha value is -0.540. The Morgan fingerprint density at radius 3 is 2.50 bits per heavy atom. The highest BCUT2D eigenvalue weighted by Gasteiger charge is 2.17. The summed E-state index contributed by atoms with van der Waals surface area (Å²) >= 11 is 5.63. The van der Waals surface area contributed by atoms with Crippen LogP contribution in [-0.4, -0.2) is 11.1 Å². The summed E-state index contributed by atoms with van der Waals surface area (Å²) in [5, 5.41) is 0.556. The summed E-state index contributed by atoms with van der Waals surface area (Å²) in [4.78, 5) is 13.7. The fourth-order valence-corrected chi connectivity index (χ4v) is 1.08. The molecule has 1 N–H and O–H groups in total. The minimum absolute atomic E-state index is 0.000585. The largest absolute Gasteiger partial charge is 0.366 e. The van der Waals surface area contributed by atoms with Gasteiger partial charge >= 0.3 is 7.60 Å². The quantitative estimate of drug-likeness (QED) is 0.496. The van der Waals surface area contributed by atoms with Crippen LogP contribution in [0.5, 0.6) is 5.75 Å². The van der Waals surface area contributed by atoms with Crippen LogP contribution in [0, 0.1) is 0 Å². The van der Waals surface area contributed by atoms with Gasteiger partial charge in [-0.15, -0.1) is 0 Å². The average molecular weight is 237 g/mol. The molecule has 0 saturated carbocycles. The van der Waals surface area contributed by atoms with E-state index >= 15 is 0 Å². The second-order valence-electron chi connectivity index (χ2n) is 2.57. The normalized spacial score (nSPS) is 14.8. The summed E-state index contributed by atoms with van der Waals surface area (Å²) < 4.78 is 15.4. The minimum atomic E-state index is -3.61. The summed E-state index contributed by atoms with van der Waals surface area (Å²) in [5.74, 6) is 0.331. The van der Waals surface area contributed by atoms with Crippen LogP contribution in [0.3, 0.4) is 0 Å². The molecular weight excluding hydrogens is 227 g/mol. The van der Waals surface area contributed by atoms with Crippen LogP contribution in [0.25, 0.3) is 0 Å². The monoisotopic (exact) mass is 236 g/mol. The zero-order valence-corrected chi connectivity index (χ0v) is 9.16. The molecule has 4 nitrogen and oxygen atoms in total. The van der Waals surface area contributed by atoms with Crippen LogP contribution in [0.15, 0.2) is 24.3 Å². The van der Waals surface area contributed by atoms with Crippen molar-refractivity contribution in [2.24, 2.45) is 0 Å². The van der Waals surface area contributed by atoms with Gasteiger partial charge in [0.2, 0.25) is 0 Å². The Morgan fingerprint density at radius 2 is 2.00 bits per heavy atom. The maximum atomic E-state index is 11.0. The minimum Gasteiger partial charge on any atom is -0.329 e. The Balaban J connectivity index is 2.54. The molecule has 0 fully saturated rings. The Kier molecular flexibility index (Phi) is 3.96. The number of benzene rings is 1. The van der Waals surface area contributed by atoms with E-state index in [1.54, 1.807) is 12.1 Å². The number of hydrogen-bond acceptors (Lipinski definition) is 3. The maximum Gasteiger partial charge on any atom is 0.366 e. The molecule has 0 spiro atoms. The number of halogens is 1. The van der Waals surface area contributed by atoms with Gasteiger partial charge in [-0.1, -0.05) is 23.2 Å². The fraction of sp³-hybridized carbons (Fsp3) is 0.250. The zero-order chi connectivity index (χ0) is 10.6. The molecule has 1 atom stereocenters. The topological polar surface area (TPSA) is 55.8 Å². The van der Waals surface area contributed by atoms with E-state index in [0.717, 1.165) is 0 Å². The highest BCUT2D eigenvalue weighted by Crippen LogP contribution is 2.41. The van der Waals surface area contributed by atoms with E-state index in [1.807, 2.05) is 0 Å². The molecule has 0 aliphatic rings. The molecule has 1 unspecified atom stereocenters. The van der Waals surface area contributed by atoms with Crippen LogP contribution in [0.1, 0.15) is 6.92 Å². The molecule has 0 aliphatic carbocycles. The molecule has 0 amide bonds. The smallest absolute Gasteiger partial charge is 0.329 e. The van der Waals surface area contributed by atoms with Gasteiger partial charge in [-0.2, -0.15) is 0 Å².